The van der Waals surface area contributed by atoms with Gasteiger partial charge in [-0.3, -0.25) is 9.59 Å². The number of aromatic nitrogens is 2. The molecule has 0 fully saturated rings. The molecule has 0 saturated carbocycles. The minimum absolute atomic E-state index is 0.145. The van der Waals surface area contributed by atoms with Crippen LogP contribution in [0.5, 0.6) is 5.75 Å². The smallest absolute Gasteiger partial charge is 0.258 e. The van der Waals surface area contributed by atoms with Crippen molar-refractivity contribution in [2.75, 3.05) is 13.7 Å². The van der Waals surface area contributed by atoms with Gasteiger partial charge in [0.2, 0.25) is 0 Å². The molecule has 2 aromatic rings. The number of hydrogen-bond donors (Lipinski definition) is 1. The first-order chi connectivity index (χ1) is 11.4. The van der Waals surface area contributed by atoms with Crippen LogP contribution < -0.4 is 10.3 Å². The molecule has 6 nitrogen and oxygen atoms in total. The molecule has 0 aliphatic carbocycles. The second kappa shape index (κ2) is 6.45. The molecule has 0 unspecified atom stereocenters. The zero-order valence-corrected chi connectivity index (χ0v) is 14.7. The van der Waals surface area contributed by atoms with Gasteiger partial charge in [-0.15, -0.1) is 0 Å². The maximum Gasteiger partial charge on any atom is 0.258 e. The van der Waals surface area contributed by atoms with Gasteiger partial charge in [0.25, 0.3) is 11.5 Å². The van der Waals surface area contributed by atoms with Crippen molar-refractivity contribution in [3.05, 3.63) is 55.2 Å². The van der Waals surface area contributed by atoms with E-state index in [0.29, 0.717) is 40.6 Å². The summed E-state index contributed by atoms with van der Waals surface area (Å²) in [6.45, 7) is 2.38. The van der Waals surface area contributed by atoms with Crippen LogP contribution in [0.15, 0.2) is 16.9 Å². The van der Waals surface area contributed by atoms with Crippen molar-refractivity contribution in [1.82, 2.24) is 14.9 Å². The van der Waals surface area contributed by atoms with Crippen molar-refractivity contribution in [3.8, 4) is 5.75 Å². The maximum absolute atomic E-state index is 12.9. The van der Waals surface area contributed by atoms with E-state index in [1.165, 1.54) is 19.2 Å². The summed E-state index contributed by atoms with van der Waals surface area (Å²) in [5, 5.41) is 0.628. The Balaban J connectivity index is 1.97. The van der Waals surface area contributed by atoms with Gasteiger partial charge < -0.3 is 14.6 Å². The molecule has 1 aliphatic heterocycles. The summed E-state index contributed by atoms with van der Waals surface area (Å²) in [7, 11) is 1.45. The Morgan fingerprint density at radius 1 is 1.38 bits per heavy atom. The lowest BCUT2D eigenvalue weighted by Crippen LogP contribution is -2.39. The molecule has 0 saturated heterocycles. The van der Waals surface area contributed by atoms with Crippen LogP contribution in [0.4, 0.5) is 0 Å². The fourth-order valence-corrected chi connectivity index (χ4v) is 3.40. The van der Waals surface area contributed by atoms with Crippen molar-refractivity contribution in [2.45, 2.75) is 19.9 Å². The van der Waals surface area contributed by atoms with Gasteiger partial charge in [0.15, 0.2) is 0 Å². The molecular weight excluding hydrogens is 353 g/mol. The van der Waals surface area contributed by atoms with Crippen molar-refractivity contribution in [1.29, 1.82) is 0 Å². The third kappa shape index (κ3) is 2.99. The van der Waals surface area contributed by atoms with Crippen LogP contribution in [0.3, 0.4) is 0 Å². The molecule has 0 atom stereocenters. The Hall–Kier alpha value is -2.05. The molecular formula is C16H15Cl2N3O3. The van der Waals surface area contributed by atoms with Gasteiger partial charge in [-0.2, -0.15) is 0 Å². The SMILES string of the molecule is COc1c(Cl)cc(Cl)cc1C(=O)N1CCc2c(nc(C)[nH]c2=O)C1. The van der Waals surface area contributed by atoms with E-state index >= 15 is 0 Å². The first kappa shape index (κ1) is 16.8. The van der Waals surface area contributed by atoms with E-state index in [-0.39, 0.29) is 28.8 Å². The van der Waals surface area contributed by atoms with E-state index in [1.807, 2.05) is 0 Å². The summed E-state index contributed by atoms with van der Waals surface area (Å²) in [6.07, 6.45) is 0.445. The van der Waals surface area contributed by atoms with Crippen molar-refractivity contribution >= 4 is 29.1 Å². The predicted octanol–water partition coefficient (Wildman–Crippen LogP) is 2.59. The van der Waals surface area contributed by atoms with E-state index in [9.17, 15) is 9.59 Å². The molecule has 0 spiro atoms. The van der Waals surface area contributed by atoms with Crippen LogP contribution in [0, 0.1) is 6.92 Å². The molecule has 1 aromatic heterocycles. The number of hydrogen-bond acceptors (Lipinski definition) is 4. The van der Waals surface area contributed by atoms with E-state index in [4.69, 9.17) is 27.9 Å². The number of fused-ring (bicyclic) bond motifs is 1. The van der Waals surface area contributed by atoms with E-state index < -0.39 is 0 Å². The Kier molecular flexibility index (Phi) is 4.51. The van der Waals surface area contributed by atoms with Crippen molar-refractivity contribution < 1.29 is 9.53 Å². The monoisotopic (exact) mass is 367 g/mol. The van der Waals surface area contributed by atoms with Crippen LogP contribution in [0.1, 0.15) is 27.4 Å². The lowest BCUT2D eigenvalue weighted by Gasteiger charge is -2.28. The van der Waals surface area contributed by atoms with Crippen LogP contribution in [0.25, 0.3) is 0 Å². The minimum Gasteiger partial charge on any atom is -0.494 e. The fraction of sp³-hybridized carbons (Fsp3) is 0.312. The number of halogens is 2. The van der Waals surface area contributed by atoms with Gasteiger partial charge >= 0.3 is 0 Å². The van der Waals surface area contributed by atoms with E-state index in [1.54, 1.807) is 11.8 Å². The van der Waals surface area contributed by atoms with Crippen molar-refractivity contribution in [2.24, 2.45) is 0 Å². The molecule has 2 heterocycles. The molecule has 8 heteroatoms. The van der Waals surface area contributed by atoms with Gasteiger partial charge in [0.05, 0.1) is 29.9 Å². The highest BCUT2D eigenvalue weighted by atomic mass is 35.5. The Morgan fingerprint density at radius 2 is 2.12 bits per heavy atom. The number of benzene rings is 1. The lowest BCUT2D eigenvalue weighted by atomic mass is 10.0. The third-order valence-electron chi connectivity index (χ3n) is 3.92. The zero-order valence-electron chi connectivity index (χ0n) is 13.2. The van der Waals surface area contributed by atoms with Gasteiger partial charge in [-0.1, -0.05) is 23.2 Å². The summed E-state index contributed by atoms with van der Waals surface area (Å²) >= 11 is 12.1. The number of nitrogens with one attached hydrogen (secondary N) is 1. The number of H-pyrrole nitrogens is 1. The van der Waals surface area contributed by atoms with Gasteiger partial charge in [0, 0.05) is 17.1 Å². The normalized spacial score (nSPS) is 13.6. The number of amides is 1. The van der Waals surface area contributed by atoms with Gasteiger partial charge in [-0.25, -0.2) is 4.98 Å². The standard InChI is InChI=1S/C16H15Cl2N3O3/c1-8-19-13-7-21(4-3-10(13)15(22)20-8)16(23)11-5-9(17)6-12(18)14(11)24-2/h5-6H,3-4,7H2,1-2H3,(H,19,20,22). The third-order valence-corrected chi connectivity index (χ3v) is 4.42. The number of aryl methyl sites for hydroxylation is 1. The number of carbonyl (C=O) groups excluding carboxylic acids is 1. The summed E-state index contributed by atoms with van der Waals surface area (Å²) in [6, 6.07) is 3.05. The highest BCUT2D eigenvalue weighted by molar-refractivity contribution is 6.36. The van der Waals surface area contributed by atoms with Crippen LogP contribution in [-0.4, -0.2) is 34.4 Å². The Morgan fingerprint density at radius 3 is 2.83 bits per heavy atom. The van der Waals surface area contributed by atoms with Crippen LogP contribution >= 0.6 is 23.2 Å². The Labute approximate surface area is 148 Å². The zero-order chi connectivity index (χ0) is 17.4. The first-order valence-corrected chi connectivity index (χ1v) is 8.07. The van der Waals surface area contributed by atoms with Crippen LogP contribution in [0.2, 0.25) is 10.0 Å². The van der Waals surface area contributed by atoms with Crippen molar-refractivity contribution in [3.63, 3.8) is 0 Å². The number of methoxy groups -OCH3 is 1. The maximum atomic E-state index is 12.9. The molecule has 24 heavy (non-hydrogen) atoms. The average Bonchev–Trinajstić information content (AvgIpc) is 2.52. The van der Waals surface area contributed by atoms with Gasteiger partial charge in [-0.05, 0) is 25.5 Å². The predicted molar refractivity (Wildman–Crippen MR) is 91.1 cm³/mol. The second-order valence-corrected chi connectivity index (χ2v) is 6.37. The summed E-state index contributed by atoms with van der Waals surface area (Å²) in [5.41, 5.74) is 1.39. The molecule has 1 aromatic carbocycles. The Bertz CT molecular complexity index is 880. The number of carbonyl (C=O) groups is 1. The molecule has 1 amide bonds. The second-order valence-electron chi connectivity index (χ2n) is 5.52. The highest BCUT2D eigenvalue weighted by Gasteiger charge is 2.27. The average molecular weight is 368 g/mol. The number of rotatable bonds is 2. The summed E-state index contributed by atoms with van der Waals surface area (Å²) in [5.74, 6) is 0.546. The largest absolute Gasteiger partial charge is 0.494 e. The first-order valence-electron chi connectivity index (χ1n) is 7.31. The minimum atomic E-state index is -0.262. The van der Waals surface area contributed by atoms with Gasteiger partial charge in [0.1, 0.15) is 11.6 Å². The molecule has 0 radical (unpaired) electrons. The molecule has 126 valence electrons. The lowest BCUT2D eigenvalue weighted by molar-refractivity contribution is 0.0727. The quantitative estimate of drug-likeness (QED) is 0.884. The molecule has 1 aliphatic rings. The topological polar surface area (TPSA) is 75.3 Å². The van der Waals surface area contributed by atoms with Crippen LogP contribution in [-0.2, 0) is 13.0 Å². The molecule has 3 rings (SSSR count). The highest BCUT2D eigenvalue weighted by Crippen LogP contribution is 2.33. The van der Waals surface area contributed by atoms with E-state index in [0.717, 1.165) is 0 Å². The number of ether oxygens (including phenoxy) is 1. The summed E-state index contributed by atoms with van der Waals surface area (Å²) < 4.78 is 5.24. The van der Waals surface area contributed by atoms with E-state index in [2.05, 4.69) is 9.97 Å². The summed E-state index contributed by atoms with van der Waals surface area (Å²) in [4.78, 5) is 33.5. The number of nitrogens with zero attached hydrogens (tertiary/aromatic N) is 2. The fourth-order valence-electron chi connectivity index (χ4n) is 2.83. The molecule has 1 N–H and O–H groups in total. The molecule has 0 bridgehead atoms. The number of aromatic amines is 1.